The maximum absolute atomic E-state index is 9.20. The number of morpholine rings is 1. The molecular formula is C14H19N3O3. The summed E-state index contributed by atoms with van der Waals surface area (Å²) in [5.41, 5.74) is 7.94. The summed E-state index contributed by atoms with van der Waals surface area (Å²) in [6, 6.07) is 5.72. The van der Waals surface area contributed by atoms with Crippen molar-refractivity contribution in [2.24, 2.45) is 0 Å². The molecular weight excluding hydrogens is 258 g/mol. The third-order valence-electron chi connectivity index (χ3n) is 3.63. The minimum atomic E-state index is -0.133. The summed E-state index contributed by atoms with van der Waals surface area (Å²) in [5.74, 6) is 0.663. The highest BCUT2D eigenvalue weighted by molar-refractivity contribution is 5.76. The van der Waals surface area contributed by atoms with Crippen LogP contribution in [0.5, 0.6) is 0 Å². The van der Waals surface area contributed by atoms with Gasteiger partial charge >= 0.3 is 0 Å². The number of aliphatic hydroxyl groups is 1. The Morgan fingerprint density at radius 2 is 2.35 bits per heavy atom. The van der Waals surface area contributed by atoms with Gasteiger partial charge in [-0.2, -0.15) is 0 Å². The minimum absolute atomic E-state index is 0.0350. The van der Waals surface area contributed by atoms with Gasteiger partial charge in [0.05, 0.1) is 25.9 Å². The lowest BCUT2D eigenvalue weighted by Crippen LogP contribution is -2.48. The van der Waals surface area contributed by atoms with Crippen LogP contribution in [-0.4, -0.2) is 46.9 Å². The molecule has 2 aromatic rings. The van der Waals surface area contributed by atoms with Gasteiger partial charge in [0, 0.05) is 18.3 Å². The van der Waals surface area contributed by atoms with E-state index in [0.717, 1.165) is 11.1 Å². The highest BCUT2D eigenvalue weighted by Crippen LogP contribution is 2.21. The molecule has 0 saturated carbocycles. The first-order chi connectivity index (χ1) is 9.65. The van der Waals surface area contributed by atoms with Crippen molar-refractivity contribution in [1.82, 2.24) is 9.88 Å². The zero-order chi connectivity index (χ0) is 14.1. The molecule has 0 bridgehead atoms. The van der Waals surface area contributed by atoms with Gasteiger partial charge in [0.25, 0.3) is 0 Å². The quantitative estimate of drug-likeness (QED) is 0.814. The molecule has 1 fully saturated rings. The van der Waals surface area contributed by atoms with Crippen LogP contribution in [0.15, 0.2) is 22.6 Å². The number of hydrogen-bond donors (Lipinski definition) is 2. The summed E-state index contributed by atoms with van der Waals surface area (Å²) in [7, 11) is 0. The van der Waals surface area contributed by atoms with E-state index in [0.29, 0.717) is 31.3 Å². The molecule has 3 N–H and O–H groups in total. The summed E-state index contributed by atoms with van der Waals surface area (Å²) >= 11 is 0. The van der Waals surface area contributed by atoms with Crippen molar-refractivity contribution < 1.29 is 14.3 Å². The Labute approximate surface area is 117 Å². The second-order valence-corrected chi connectivity index (χ2v) is 5.25. The molecule has 2 heterocycles. The van der Waals surface area contributed by atoms with Crippen molar-refractivity contribution in [2.45, 2.75) is 25.6 Å². The van der Waals surface area contributed by atoms with E-state index < -0.39 is 0 Å². The predicted octanol–water partition coefficient (Wildman–Crippen LogP) is 0.992. The predicted molar refractivity (Wildman–Crippen MR) is 75.1 cm³/mol. The summed E-state index contributed by atoms with van der Waals surface area (Å²) in [5, 5.41) is 9.20. The Morgan fingerprint density at radius 1 is 1.50 bits per heavy atom. The first kappa shape index (κ1) is 13.4. The van der Waals surface area contributed by atoms with Crippen LogP contribution < -0.4 is 5.73 Å². The highest BCUT2D eigenvalue weighted by Gasteiger charge is 2.26. The Bertz CT molecular complexity index is 598. The van der Waals surface area contributed by atoms with Crippen molar-refractivity contribution in [3.8, 4) is 0 Å². The smallest absolute Gasteiger partial charge is 0.209 e. The van der Waals surface area contributed by atoms with Crippen LogP contribution in [0.2, 0.25) is 0 Å². The molecule has 1 aromatic heterocycles. The van der Waals surface area contributed by atoms with Crippen molar-refractivity contribution >= 4 is 16.8 Å². The summed E-state index contributed by atoms with van der Waals surface area (Å²) < 4.78 is 11.3. The lowest BCUT2D eigenvalue weighted by atomic mass is 10.2. The zero-order valence-electron chi connectivity index (χ0n) is 11.5. The standard InChI is InChI=1S/C14H19N3O3/c1-9-8-19-11(7-18)5-17(9)6-14-16-12-4-10(15)2-3-13(12)20-14/h2-4,9,11,18H,5-8,15H2,1H3. The normalized spacial score (nSPS) is 24.3. The first-order valence-corrected chi connectivity index (χ1v) is 6.77. The van der Waals surface area contributed by atoms with Crippen molar-refractivity contribution in [1.29, 1.82) is 0 Å². The maximum atomic E-state index is 9.20. The fraction of sp³-hybridized carbons (Fsp3) is 0.500. The number of oxazole rings is 1. The van der Waals surface area contributed by atoms with E-state index in [4.69, 9.17) is 14.9 Å². The molecule has 1 aromatic carbocycles. The third kappa shape index (κ3) is 2.63. The van der Waals surface area contributed by atoms with Crippen molar-refractivity contribution in [3.63, 3.8) is 0 Å². The molecule has 0 spiro atoms. The van der Waals surface area contributed by atoms with Gasteiger partial charge in [-0.05, 0) is 25.1 Å². The number of benzene rings is 1. The molecule has 1 aliphatic heterocycles. The lowest BCUT2D eigenvalue weighted by molar-refractivity contribution is -0.0823. The number of hydrogen-bond acceptors (Lipinski definition) is 6. The Kier molecular flexibility index (Phi) is 3.60. The third-order valence-corrected chi connectivity index (χ3v) is 3.63. The molecule has 6 nitrogen and oxygen atoms in total. The number of aliphatic hydroxyl groups excluding tert-OH is 1. The number of nitrogens with zero attached hydrogens (tertiary/aromatic N) is 2. The SMILES string of the molecule is CC1COC(CO)CN1Cc1nc2cc(N)ccc2o1. The average molecular weight is 277 g/mol. The monoisotopic (exact) mass is 277 g/mol. The molecule has 2 unspecified atom stereocenters. The lowest BCUT2D eigenvalue weighted by Gasteiger charge is -2.36. The van der Waals surface area contributed by atoms with Gasteiger partial charge in [0.2, 0.25) is 5.89 Å². The van der Waals surface area contributed by atoms with Crippen LogP contribution in [0.25, 0.3) is 11.1 Å². The van der Waals surface area contributed by atoms with E-state index in [1.807, 2.05) is 12.1 Å². The number of anilines is 1. The zero-order valence-corrected chi connectivity index (χ0v) is 11.5. The van der Waals surface area contributed by atoms with E-state index in [2.05, 4.69) is 16.8 Å². The van der Waals surface area contributed by atoms with E-state index >= 15 is 0 Å². The molecule has 0 amide bonds. The second kappa shape index (κ2) is 5.40. The van der Waals surface area contributed by atoms with E-state index in [1.165, 1.54) is 0 Å². The van der Waals surface area contributed by atoms with Gasteiger partial charge in [-0.15, -0.1) is 0 Å². The van der Waals surface area contributed by atoms with Gasteiger partial charge in [-0.3, -0.25) is 4.90 Å². The molecule has 1 saturated heterocycles. The number of nitrogens with two attached hydrogens (primary N) is 1. The van der Waals surface area contributed by atoms with Gasteiger partial charge < -0.3 is 20.0 Å². The summed E-state index contributed by atoms with van der Waals surface area (Å²) in [6.45, 7) is 4.02. The number of aromatic nitrogens is 1. The summed E-state index contributed by atoms with van der Waals surface area (Å²) in [4.78, 5) is 6.67. The summed E-state index contributed by atoms with van der Waals surface area (Å²) in [6.07, 6.45) is -0.133. The fourth-order valence-corrected chi connectivity index (χ4v) is 2.44. The van der Waals surface area contributed by atoms with E-state index in [1.54, 1.807) is 6.07 Å². The van der Waals surface area contributed by atoms with E-state index in [9.17, 15) is 5.11 Å². The average Bonchev–Trinajstić information content (AvgIpc) is 2.82. The molecule has 6 heteroatoms. The molecule has 3 rings (SSSR count). The first-order valence-electron chi connectivity index (χ1n) is 6.77. The fourth-order valence-electron chi connectivity index (χ4n) is 2.44. The van der Waals surface area contributed by atoms with Crippen LogP contribution in [-0.2, 0) is 11.3 Å². The van der Waals surface area contributed by atoms with Crippen LogP contribution in [0, 0.1) is 0 Å². The molecule has 0 radical (unpaired) electrons. The van der Waals surface area contributed by atoms with Crippen LogP contribution >= 0.6 is 0 Å². The van der Waals surface area contributed by atoms with E-state index in [-0.39, 0.29) is 18.8 Å². The maximum Gasteiger partial charge on any atom is 0.209 e. The van der Waals surface area contributed by atoms with Crippen LogP contribution in [0.3, 0.4) is 0 Å². The van der Waals surface area contributed by atoms with Crippen LogP contribution in [0.4, 0.5) is 5.69 Å². The minimum Gasteiger partial charge on any atom is -0.439 e. The molecule has 20 heavy (non-hydrogen) atoms. The van der Waals surface area contributed by atoms with Gasteiger partial charge in [-0.1, -0.05) is 0 Å². The molecule has 1 aliphatic rings. The van der Waals surface area contributed by atoms with Crippen molar-refractivity contribution in [3.05, 3.63) is 24.1 Å². The largest absolute Gasteiger partial charge is 0.439 e. The Morgan fingerprint density at radius 3 is 3.15 bits per heavy atom. The number of ether oxygens (including phenoxy) is 1. The van der Waals surface area contributed by atoms with Gasteiger partial charge in [0.1, 0.15) is 5.52 Å². The number of rotatable bonds is 3. The topological polar surface area (TPSA) is 84.8 Å². The van der Waals surface area contributed by atoms with Crippen LogP contribution in [0.1, 0.15) is 12.8 Å². The van der Waals surface area contributed by atoms with Crippen molar-refractivity contribution in [2.75, 3.05) is 25.5 Å². The number of nitrogen functional groups attached to an aromatic ring is 1. The van der Waals surface area contributed by atoms with Gasteiger partial charge in [0.15, 0.2) is 5.58 Å². The molecule has 0 aliphatic carbocycles. The Balaban J connectivity index is 1.77. The second-order valence-electron chi connectivity index (χ2n) is 5.25. The molecule has 108 valence electrons. The number of fused-ring (bicyclic) bond motifs is 1. The van der Waals surface area contributed by atoms with Gasteiger partial charge in [-0.25, -0.2) is 4.98 Å². The molecule has 2 atom stereocenters. The Hall–Kier alpha value is -1.63. The highest BCUT2D eigenvalue weighted by atomic mass is 16.5.